The normalized spacial score (nSPS) is 11.5. The highest BCUT2D eigenvalue weighted by Gasteiger charge is 2.21. The van der Waals surface area contributed by atoms with Crippen LogP contribution in [0.2, 0.25) is 0 Å². The predicted octanol–water partition coefficient (Wildman–Crippen LogP) is 3.79. The second kappa shape index (κ2) is 5.92. The third-order valence-electron chi connectivity index (χ3n) is 3.77. The fraction of sp³-hybridized carbons (Fsp3) is 0.211. The first-order valence-electron chi connectivity index (χ1n) is 7.76. The molecule has 3 aromatic rings. The van der Waals surface area contributed by atoms with Crippen molar-refractivity contribution in [3.05, 3.63) is 54.1 Å². The minimum absolute atomic E-state index is 0.124. The topological polar surface area (TPSA) is 84.9 Å². The Kier molecular flexibility index (Phi) is 3.93. The molecule has 122 valence electrons. The van der Waals surface area contributed by atoms with Gasteiger partial charge in [-0.3, -0.25) is 0 Å². The zero-order valence-corrected chi connectivity index (χ0v) is 14.0. The van der Waals surface area contributed by atoms with E-state index < -0.39 is 0 Å². The molecule has 0 aliphatic carbocycles. The number of benzene rings is 2. The van der Waals surface area contributed by atoms with Crippen LogP contribution >= 0.6 is 0 Å². The molecule has 2 aromatic carbocycles. The van der Waals surface area contributed by atoms with Gasteiger partial charge in [-0.2, -0.15) is 9.97 Å². The average Bonchev–Trinajstić information content (AvgIpc) is 2.54. The fourth-order valence-corrected chi connectivity index (χ4v) is 2.56. The molecule has 3 rings (SSSR count). The molecular weight excluding hydrogens is 300 g/mol. The summed E-state index contributed by atoms with van der Waals surface area (Å²) in [6.45, 7) is 6.13. The first-order chi connectivity index (χ1) is 11.4. The second-order valence-corrected chi connectivity index (χ2v) is 6.66. The lowest BCUT2D eigenvalue weighted by Crippen LogP contribution is -2.12. The zero-order chi connectivity index (χ0) is 17.3. The van der Waals surface area contributed by atoms with Crippen LogP contribution in [0.5, 0.6) is 5.75 Å². The summed E-state index contributed by atoms with van der Waals surface area (Å²) in [6, 6.07) is 15.1. The molecule has 0 aliphatic heterocycles. The first-order valence-corrected chi connectivity index (χ1v) is 7.76. The maximum absolute atomic E-state index is 10.7. The molecule has 0 fully saturated rings. The molecule has 0 saturated carbocycles. The van der Waals surface area contributed by atoms with Gasteiger partial charge in [-0.15, -0.1) is 0 Å². The quantitative estimate of drug-likeness (QED) is 0.750. The van der Waals surface area contributed by atoms with E-state index in [0.29, 0.717) is 17.2 Å². The minimum Gasteiger partial charge on any atom is -0.507 e. The largest absolute Gasteiger partial charge is 0.507 e. The lowest BCUT2D eigenvalue weighted by molar-refractivity contribution is 0.448. The van der Waals surface area contributed by atoms with Crippen LogP contribution in [0.15, 0.2) is 48.5 Å². The van der Waals surface area contributed by atoms with Gasteiger partial charge in [-0.05, 0) is 17.0 Å². The van der Waals surface area contributed by atoms with Crippen LogP contribution in [0.4, 0.5) is 5.95 Å². The van der Waals surface area contributed by atoms with Gasteiger partial charge in [0.25, 0.3) is 0 Å². The number of rotatable bonds is 2. The highest BCUT2D eigenvalue weighted by molar-refractivity contribution is 5.69. The van der Waals surface area contributed by atoms with Gasteiger partial charge in [-0.1, -0.05) is 63.2 Å². The monoisotopic (exact) mass is 320 g/mol. The molecular formula is C19H20N4O. The number of phenols is 1. The Morgan fingerprint density at radius 2 is 1.50 bits per heavy atom. The molecule has 0 spiro atoms. The second-order valence-electron chi connectivity index (χ2n) is 6.66. The Labute approximate surface area is 141 Å². The van der Waals surface area contributed by atoms with E-state index in [0.717, 1.165) is 11.1 Å². The van der Waals surface area contributed by atoms with E-state index in [2.05, 4.69) is 15.0 Å². The summed E-state index contributed by atoms with van der Waals surface area (Å²) in [5, 5.41) is 10.7. The summed E-state index contributed by atoms with van der Waals surface area (Å²) in [4.78, 5) is 12.9. The summed E-state index contributed by atoms with van der Waals surface area (Å²) < 4.78 is 0. The number of aromatic hydroxyl groups is 1. The van der Waals surface area contributed by atoms with Crippen LogP contribution in [0.1, 0.15) is 26.3 Å². The number of para-hydroxylation sites is 1. The maximum Gasteiger partial charge on any atom is 0.224 e. The Balaban J connectivity index is 2.16. The van der Waals surface area contributed by atoms with Gasteiger partial charge < -0.3 is 10.8 Å². The molecule has 0 atom stereocenters. The number of aromatic nitrogens is 3. The number of hydrogen-bond acceptors (Lipinski definition) is 5. The van der Waals surface area contributed by atoms with Crippen LogP contribution < -0.4 is 5.73 Å². The molecule has 5 heteroatoms. The van der Waals surface area contributed by atoms with Gasteiger partial charge in [0, 0.05) is 5.56 Å². The van der Waals surface area contributed by atoms with Gasteiger partial charge in [0.15, 0.2) is 11.6 Å². The highest BCUT2D eigenvalue weighted by atomic mass is 16.3. The Morgan fingerprint density at radius 1 is 0.833 bits per heavy atom. The molecule has 24 heavy (non-hydrogen) atoms. The molecule has 0 radical (unpaired) electrons. The van der Waals surface area contributed by atoms with Crippen molar-refractivity contribution in [1.82, 2.24) is 15.0 Å². The predicted molar refractivity (Wildman–Crippen MR) is 95.5 cm³/mol. The Morgan fingerprint density at radius 3 is 2.17 bits per heavy atom. The van der Waals surface area contributed by atoms with Gasteiger partial charge in [0.05, 0.1) is 5.56 Å². The van der Waals surface area contributed by atoms with Crippen LogP contribution in [0.3, 0.4) is 0 Å². The molecule has 0 saturated heterocycles. The van der Waals surface area contributed by atoms with Crippen LogP contribution in [0.25, 0.3) is 22.8 Å². The molecule has 1 aromatic heterocycles. The van der Waals surface area contributed by atoms with E-state index in [1.165, 1.54) is 0 Å². The molecule has 3 N–H and O–H groups in total. The lowest BCUT2D eigenvalue weighted by atomic mass is 9.85. The van der Waals surface area contributed by atoms with Crippen LogP contribution in [0, 0.1) is 0 Å². The smallest absolute Gasteiger partial charge is 0.224 e. The molecule has 5 nitrogen and oxygen atoms in total. The van der Waals surface area contributed by atoms with Crippen molar-refractivity contribution in [1.29, 1.82) is 0 Å². The van der Waals surface area contributed by atoms with E-state index in [-0.39, 0.29) is 17.1 Å². The van der Waals surface area contributed by atoms with Crippen LogP contribution in [-0.2, 0) is 5.41 Å². The van der Waals surface area contributed by atoms with Gasteiger partial charge in [0.2, 0.25) is 5.95 Å². The summed E-state index contributed by atoms with van der Waals surface area (Å²) in [6.07, 6.45) is 0. The maximum atomic E-state index is 10.7. The van der Waals surface area contributed by atoms with Crippen molar-refractivity contribution in [2.75, 3.05) is 5.73 Å². The number of nitrogen functional groups attached to an aromatic ring is 1. The molecule has 0 unspecified atom stereocenters. The Hall–Kier alpha value is -2.95. The highest BCUT2D eigenvalue weighted by Crippen LogP contribution is 2.37. The summed E-state index contributed by atoms with van der Waals surface area (Å²) in [5.41, 5.74) is 7.90. The molecule has 0 bridgehead atoms. The number of anilines is 1. The summed E-state index contributed by atoms with van der Waals surface area (Å²) in [5.74, 6) is 1.15. The van der Waals surface area contributed by atoms with E-state index in [1.54, 1.807) is 6.07 Å². The van der Waals surface area contributed by atoms with E-state index in [1.807, 2.05) is 63.2 Å². The summed E-state index contributed by atoms with van der Waals surface area (Å²) >= 11 is 0. The number of nitrogens with two attached hydrogens (primary N) is 1. The van der Waals surface area contributed by atoms with Gasteiger partial charge in [0.1, 0.15) is 5.75 Å². The number of hydrogen-bond donors (Lipinski definition) is 2. The molecule has 0 amide bonds. The fourth-order valence-electron chi connectivity index (χ4n) is 2.56. The van der Waals surface area contributed by atoms with Crippen molar-refractivity contribution < 1.29 is 5.11 Å². The average molecular weight is 320 g/mol. The number of nitrogens with zero attached hydrogens (tertiary/aromatic N) is 3. The van der Waals surface area contributed by atoms with E-state index in [9.17, 15) is 5.11 Å². The molecule has 1 heterocycles. The summed E-state index contributed by atoms with van der Waals surface area (Å²) in [7, 11) is 0. The van der Waals surface area contributed by atoms with Crippen LogP contribution in [-0.4, -0.2) is 20.1 Å². The third-order valence-corrected chi connectivity index (χ3v) is 3.77. The standard InChI is InChI=1S/C19H20N4O/c1-19(2,3)14-11-7-10-13(15(14)24)17-21-16(22-18(20)23-17)12-8-5-4-6-9-12/h4-11,24H,1-3H3,(H2,20,21,22,23). The van der Waals surface area contributed by atoms with Crippen molar-refractivity contribution in [3.8, 4) is 28.5 Å². The van der Waals surface area contributed by atoms with Crippen molar-refractivity contribution in [2.45, 2.75) is 26.2 Å². The minimum atomic E-state index is -0.194. The third kappa shape index (κ3) is 3.06. The number of phenolic OH excluding ortho intramolecular Hbond substituents is 1. The van der Waals surface area contributed by atoms with Crippen molar-refractivity contribution in [2.24, 2.45) is 0 Å². The van der Waals surface area contributed by atoms with Crippen molar-refractivity contribution >= 4 is 5.95 Å². The van der Waals surface area contributed by atoms with Gasteiger partial charge in [-0.25, -0.2) is 4.98 Å². The molecule has 0 aliphatic rings. The van der Waals surface area contributed by atoms with Crippen molar-refractivity contribution in [3.63, 3.8) is 0 Å². The zero-order valence-electron chi connectivity index (χ0n) is 14.0. The lowest BCUT2D eigenvalue weighted by Gasteiger charge is -2.21. The van der Waals surface area contributed by atoms with E-state index in [4.69, 9.17) is 5.73 Å². The SMILES string of the molecule is CC(C)(C)c1cccc(-c2nc(N)nc(-c3ccccc3)n2)c1O. The van der Waals surface area contributed by atoms with E-state index >= 15 is 0 Å². The Bertz CT molecular complexity index is 870. The first kappa shape index (κ1) is 15.9. The van der Waals surface area contributed by atoms with Gasteiger partial charge >= 0.3 is 0 Å².